The quantitative estimate of drug-likeness (QED) is 0.162. The van der Waals surface area contributed by atoms with Crippen LogP contribution >= 0.6 is 23.5 Å². The lowest BCUT2D eigenvalue weighted by molar-refractivity contribution is -0.142. The maximum atomic E-state index is 12.8. The van der Waals surface area contributed by atoms with E-state index >= 15 is 0 Å². The third-order valence-corrected chi connectivity index (χ3v) is 6.17. The second kappa shape index (κ2) is 15.0. The molecule has 11 nitrogen and oxygen atoms in total. The molecule has 4 amide bonds. The van der Waals surface area contributed by atoms with Crippen molar-refractivity contribution < 1.29 is 29.1 Å². The first-order chi connectivity index (χ1) is 15.2. The Morgan fingerprint density at radius 3 is 2.03 bits per heavy atom. The Balaban J connectivity index is 2.87. The zero-order valence-electron chi connectivity index (χ0n) is 18.3. The Bertz CT molecular complexity index is 675. The van der Waals surface area contributed by atoms with Gasteiger partial charge >= 0.3 is 5.97 Å². The van der Waals surface area contributed by atoms with Crippen molar-refractivity contribution in [2.75, 3.05) is 30.6 Å². The molecule has 0 aromatic heterocycles. The molecule has 0 saturated carbocycles. The molecule has 7 N–H and O–H groups in total. The summed E-state index contributed by atoms with van der Waals surface area (Å²) >= 11 is 2.91. The predicted molar refractivity (Wildman–Crippen MR) is 124 cm³/mol. The van der Waals surface area contributed by atoms with Crippen LogP contribution in [0.3, 0.4) is 0 Å². The molecule has 0 spiro atoms. The lowest BCUT2D eigenvalue weighted by atomic mass is 10.1. The molecule has 0 bridgehead atoms. The van der Waals surface area contributed by atoms with E-state index in [4.69, 9.17) is 5.73 Å². The SMILES string of the molecule is CSCCC(NC(=O)C(CCSC)NC(=O)C(CC(N)=O)NC(=O)C1CCCN1)C(=O)O. The van der Waals surface area contributed by atoms with Gasteiger partial charge in [-0.3, -0.25) is 19.2 Å². The number of aliphatic carboxylic acids is 1. The molecule has 4 atom stereocenters. The second-order valence-corrected chi connectivity index (χ2v) is 9.38. The molecule has 1 fully saturated rings. The van der Waals surface area contributed by atoms with Crippen LogP contribution in [0, 0.1) is 0 Å². The fourth-order valence-electron chi connectivity index (χ4n) is 3.13. The van der Waals surface area contributed by atoms with E-state index in [1.807, 2.05) is 12.5 Å². The van der Waals surface area contributed by atoms with Crippen molar-refractivity contribution in [2.24, 2.45) is 5.73 Å². The lowest BCUT2D eigenvalue weighted by Crippen LogP contribution is -2.57. The van der Waals surface area contributed by atoms with Crippen molar-refractivity contribution in [1.82, 2.24) is 21.3 Å². The van der Waals surface area contributed by atoms with Crippen molar-refractivity contribution in [3.8, 4) is 0 Å². The summed E-state index contributed by atoms with van der Waals surface area (Å²) in [6.07, 6.45) is 5.16. The number of nitrogens with two attached hydrogens (primary N) is 1. The zero-order valence-corrected chi connectivity index (χ0v) is 20.0. The van der Waals surface area contributed by atoms with Crippen LogP contribution in [0.2, 0.25) is 0 Å². The molecule has 1 rings (SSSR count). The highest BCUT2D eigenvalue weighted by atomic mass is 32.2. The monoisotopic (exact) mass is 491 g/mol. The number of nitrogens with one attached hydrogen (secondary N) is 4. The molecule has 0 radical (unpaired) electrons. The number of rotatable bonds is 15. The van der Waals surface area contributed by atoms with Crippen LogP contribution in [0.5, 0.6) is 0 Å². The van der Waals surface area contributed by atoms with Crippen molar-refractivity contribution in [3.05, 3.63) is 0 Å². The highest BCUT2D eigenvalue weighted by Crippen LogP contribution is 2.08. The number of thioether (sulfide) groups is 2. The van der Waals surface area contributed by atoms with Gasteiger partial charge in [0.25, 0.3) is 0 Å². The Hall–Kier alpha value is -1.99. The van der Waals surface area contributed by atoms with Crippen molar-refractivity contribution in [3.63, 3.8) is 0 Å². The maximum absolute atomic E-state index is 12.8. The third-order valence-electron chi connectivity index (χ3n) is 4.88. The molecular weight excluding hydrogens is 458 g/mol. The number of primary amides is 1. The Morgan fingerprint density at radius 2 is 1.53 bits per heavy atom. The van der Waals surface area contributed by atoms with Gasteiger partial charge in [-0.1, -0.05) is 0 Å². The van der Waals surface area contributed by atoms with E-state index in [-0.39, 0.29) is 12.8 Å². The number of carboxylic acids is 1. The molecule has 1 aliphatic heterocycles. The van der Waals surface area contributed by atoms with Gasteiger partial charge in [0.05, 0.1) is 12.5 Å². The summed E-state index contributed by atoms with van der Waals surface area (Å²) in [5, 5.41) is 19.9. The average Bonchev–Trinajstić information content (AvgIpc) is 3.27. The molecule has 1 saturated heterocycles. The molecule has 0 aromatic rings. The van der Waals surface area contributed by atoms with Crippen LogP contribution < -0.4 is 27.0 Å². The van der Waals surface area contributed by atoms with Gasteiger partial charge in [0, 0.05) is 0 Å². The maximum Gasteiger partial charge on any atom is 0.326 e. The van der Waals surface area contributed by atoms with Gasteiger partial charge < -0.3 is 32.1 Å². The molecular formula is C19H33N5O6S2. The molecule has 0 aliphatic carbocycles. The van der Waals surface area contributed by atoms with Gasteiger partial charge in [0.1, 0.15) is 18.1 Å². The molecule has 0 aromatic carbocycles. The predicted octanol–water partition coefficient (Wildman–Crippen LogP) is -1.34. The standard InChI is InChI=1S/C19H33N5O6S2/c1-31-8-5-12(17(27)23-13(19(29)30)6-9-32-2)22-18(28)14(10-15(20)25)24-16(26)11-4-3-7-21-11/h11-14,21H,3-10H2,1-2H3,(H2,20,25)(H,22,28)(H,23,27)(H,24,26)(H,29,30). The topological polar surface area (TPSA) is 180 Å². The van der Waals surface area contributed by atoms with E-state index in [0.29, 0.717) is 24.5 Å². The summed E-state index contributed by atoms with van der Waals surface area (Å²) in [4.78, 5) is 60.9. The summed E-state index contributed by atoms with van der Waals surface area (Å²) < 4.78 is 0. The van der Waals surface area contributed by atoms with Crippen LogP contribution in [-0.2, 0) is 24.0 Å². The lowest BCUT2D eigenvalue weighted by Gasteiger charge is -2.24. The minimum atomic E-state index is -1.24. The summed E-state index contributed by atoms with van der Waals surface area (Å²) in [7, 11) is 0. The third kappa shape index (κ3) is 10.1. The number of amides is 4. The molecule has 182 valence electrons. The molecule has 4 unspecified atom stereocenters. The van der Waals surface area contributed by atoms with Gasteiger partial charge in [-0.2, -0.15) is 23.5 Å². The van der Waals surface area contributed by atoms with E-state index in [1.54, 1.807) is 0 Å². The number of carbonyl (C=O) groups is 5. The number of carbonyl (C=O) groups excluding carboxylic acids is 4. The van der Waals surface area contributed by atoms with E-state index < -0.39 is 60.2 Å². The Kier molecular flexibility index (Phi) is 13.1. The van der Waals surface area contributed by atoms with Crippen molar-refractivity contribution in [1.29, 1.82) is 0 Å². The summed E-state index contributed by atoms with van der Waals surface area (Å²) in [6, 6.07) is -3.80. The molecule has 32 heavy (non-hydrogen) atoms. The van der Waals surface area contributed by atoms with Gasteiger partial charge in [0.2, 0.25) is 23.6 Å². The first-order valence-corrected chi connectivity index (χ1v) is 13.1. The second-order valence-electron chi connectivity index (χ2n) is 7.40. The Labute approximate surface area is 196 Å². The number of carboxylic acid groups (broad SMARTS) is 1. The largest absolute Gasteiger partial charge is 0.480 e. The van der Waals surface area contributed by atoms with Gasteiger partial charge in [-0.25, -0.2) is 4.79 Å². The van der Waals surface area contributed by atoms with E-state index in [0.717, 1.165) is 6.42 Å². The minimum absolute atomic E-state index is 0.236. The average molecular weight is 492 g/mol. The van der Waals surface area contributed by atoms with Gasteiger partial charge in [0.15, 0.2) is 0 Å². The number of hydrogen-bond donors (Lipinski definition) is 6. The first-order valence-electron chi connectivity index (χ1n) is 10.3. The molecule has 1 heterocycles. The fraction of sp³-hybridized carbons (Fsp3) is 0.737. The van der Waals surface area contributed by atoms with Crippen LogP contribution in [0.15, 0.2) is 0 Å². The highest BCUT2D eigenvalue weighted by molar-refractivity contribution is 7.98. The molecule has 13 heteroatoms. The summed E-state index contributed by atoms with van der Waals surface area (Å²) in [6.45, 7) is 0.684. The van der Waals surface area contributed by atoms with Crippen LogP contribution in [-0.4, -0.2) is 89.4 Å². The molecule has 1 aliphatic rings. The fourth-order valence-corrected chi connectivity index (χ4v) is 4.08. The zero-order chi connectivity index (χ0) is 24.1. The summed E-state index contributed by atoms with van der Waals surface area (Å²) in [5.41, 5.74) is 5.24. The van der Waals surface area contributed by atoms with Crippen LogP contribution in [0.4, 0.5) is 0 Å². The van der Waals surface area contributed by atoms with Crippen molar-refractivity contribution in [2.45, 2.75) is 56.3 Å². The summed E-state index contributed by atoms with van der Waals surface area (Å²) in [5.74, 6) is -2.66. The smallest absolute Gasteiger partial charge is 0.326 e. The van der Waals surface area contributed by atoms with E-state index in [1.165, 1.54) is 23.5 Å². The van der Waals surface area contributed by atoms with Gasteiger partial charge in [-0.15, -0.1) is 0 Å². The van der Waals surface area contributed by atoms with Crippen LogP contribution in [0.1, 0.15) is 32.1 Å². The van der Waals surface area contributed by atoms with E-state index in [2.05, 4.69) is 21.3 Å². The normalized spacial score (nSPS) is 18.2. The van der Waals surface area contributed by atoms with E-state index in [9.17, 15) is 29.1 Å². The minimum Gasteiger partial charge on any atom is -0.480 e. The van der Waals surface area contributed by atoms with Crippen molar-refractivity contribution >= 4 is 53.1 Å². The van der Waals surface area contributed by atoms with Crippen LogP contribution in [0.25, 0.3) is 0 Å². The Morgan fingerprint density at radius 1 is 0.969 bits per heavy atom. The first kappa shape index (κ1) is 28.0. The highest BCUT2D eigenvalue weighted by Gasteiger charge is 2.32. The van der Waals surface area contributed by atoms with Gasteiger partial charge in [-0.05, 0) is 56.2 Å². The number of hydrogen-bond acceptors (Lipinski definition) is 8.